The number of ether oxygens (including phenoxy) is 1. The summed E-state index contributed by atoms with van der Waals surface area (Å²) in [6.45, 7) is 1.21. The molecule has 132 valence electrons. The van der Waals surface area contributed by atoms with Crippen molar-refractivity contribution in [1.82, 2.24) is 9.47 Å². The number of aromatic nitrogens is 1. The van der Waals surface area contributed by atoms with E-state index in [1.54, 1.807) is 24.1 Å². The Balaban J connectivity index is 1.69. The summed E-state index contributed by atoms with van der Waals surface area (Å²) in [7, 11) is 1.56. The van der Waals surface area contributed by atoms with Gasteiger partial charge >= 0.3 is 0 Å². The monoisotopic (exact) mass is 345 g/mol. The van der Waals surface area contributed by atoms with E-state index in [1.165, 1.54) is 6.07 Å². The third-order valence-electron chi connectivity index (χ3n) is 4.26. The van der Waals surface area contributed by atoms with Crippen LogP contribution in [0.15, 0.2) is 42.7 Å². The van der Waals surface area contributed by atoms with Crippen molar-refractivity contribution in [3.63, 3.8) is 0 Å². The molecular weight excluding hydrogens is 325 g/mol. The normalized spacial score (nSPS) is 17.1. The zero-order valence-electron chi connectivity index (χ0n) is 13.9. The molecule has 1 aromatic heterocycles. The molecule has 1 aliphatic heterocycles. The first kappa shape index (κ1) is 17.2. The Morgan fingerprint density at radius 3 is 2.84 bits per heavy atom. The van der Waals surface area contributed by atoms with Gasteiger partial charge in [-0.25, -0.2) is 4.39 Å². The number of carbonyl (C=O) groups excluding carboxylic acids is 2. The minimum Gasteiger partial charge on any atom is -0.383 e. The van der Waals surface area contributed by atoms with E-state index in [9.17, 15) is 14.0 Å². The number of benzene rings is 1. The number of nitrogens with zero attached hydrogens (tertiary/aromatic N) is 2. The van der Waals surface area contributed by atoms with Crippen molar-refractivity contribution in [2.75, 3.05) is 32.1 Å². The van der Waals surface area contributed by atoms with E-state index in [1.807, 2.05) is 29.1 Å². The minimum absolute atomic E-state index is 0.0845. The van der Waals surface area contributed by atoms with Crippen LogP contribution in [0.4, 0.5) is 10.1 Å². The number of rotatable bonds is 6. The van der Waals surface area contributed by atoms with Crippen LogP contribution in [0.1, 0.15) is 6.42 Å². The average molecular weight is 345 g/mol. The van der Waals surface area contributed by atoms with Crippen molar-refractivity contribution >= 4 is 17.5 Å². The number of methoxy groups -OCH3 is 1. The SMILES string of the molecule is COCCN1C[C@@H](C(=O)Nc2cc(-n3cccc3)ccc2F)CC1=O. The van der Waals surface area contributed by atoms with Crippen molar-refractivity contribution in [1.29, 1.82) is 0 Å². The van der Waals surface area contributed by atoms with Crippen LogP contribution < -0.4 is 5.32 Å². The molecule has 3 rings (SSSR count). The van der Waals surface area contributed by atoms with Crippen molar-refractivity contribution in [2.45, 2.75) is 6.42 Å². The zero-order chi connectivity index (χ0) is 17.8. The van der Waals surface area contributed by atoms with Gasteiger partial charge in [-0.3, -0.25) is 9.59 Å². The van der Waals surface area contributed by atoms with Gasteiger partial charge in [0.1, 0.15) is 5.82 Å². The second-order valence-electron chi connectivity index (χ2n) is 5.98. The molecule has 0 saturated carbocycles. The van der Waals surface area contributed by atoms with Crippen LogP contribution >= 0.6 is 0 Å². The van der Waals surface area contributed by atoms with Crippen LogP contribution in [-0.4, -0.2) is 48.1 Å². The fourth-order valence-corrected chi connectivity index (χ4v) is 2.88. The molecule has 0 radical (unpaired) electrons. The molecule has 0 bridgehead atoms. The van der Waals surface area contributed by atoms with Crippen LogP contribution in [0.25, 0.3) is 5.69 Å². The van der Waals surface area contributed by atoms with Crippen molar-refractivity contribution in [3.8, 4) is 5.69 Å². The Morgan fingerprint density at radius 2 is 2.12 bits per heavy atom. The van der Waals surface area contributed by atoms with Gasteiger partial charge in [0, 0.05) is 44.7 Å². The quantitative estimate of drug-likeness (QED) is 0.872. The molecule has 1 fully saturated rings. The lowest BCUT2D eigenvalue weighted by Crippen LogP contribution is -2.31. The summed E-state index contributed by atoms with van der Waals surface area (Å²) >= 11 is 0. The summed E-state index contributed by atoms with van der Waals surface area (Å²) in [5.74, 6) is -1.43. The number of hydrogen-bond donors (Lipinski definition) is 1. The fraction of sp³-hybridized carbons (Fsp3) is 0.333. The fourth-order valence-electron chi connectivity index (χ4n) is 2.88. The van der Waals surface area contributed by atoms with E-state index in [2.05, 4.69) is 5.32 Å². The smallest absolute Gasteiger partial charge is 0.229 e. The molecule has 0 spiro atoms. The molecule has 7 heteroatoms. The summed E-state index contributed by atoms with van der Waals surface area (Å²) in [4.78, 5) is 26.0. The van der Waals surface area contributed by atoms with Crippen molar-refractivity contribution in [2.24, 2.45) is 5.92 Å². The predicted molar refractivity (Wildman–Crippen MR) is 90.9 cm³/mol. The zero-order valence-corrected chi connectivity index (χ0v) is 13.9. The van der Waals surface area contributed by atoms with Gasteiger partial charge in [-0.05, 0) is 30.3 Å². The van der Waals surface area contributed by atoms with Crippen LogP contribution in [0.3, 0.4) is 0 Å². The third-order valence-corrected chi connectivity index (χ3v) is 4.26. The maximum atomic E-state index is 14.1. The highest BCUT2D eigenvalue weighted by molar-refractivity contribution is 5.97. The maximum absolute atomic E-state index is 14.1. The summed E-state index contributed by atoms with van der Waals surface area (Å²) < 4.78 is 20.8. The lowest BCUT2D eigenvalue weighted by atomic mass is 10.1. The second kappa shape index (κ2) is 7.48. The van der Waals surface area contributed by atoms with Crippen LogP contribution in [0, 0.1) is 11.7 Å². The van der Waals surface area contributed by atoms with Gasteiger partial charge < -0.3 is 19.5 Å². The number of hydrogen-bond acceptors (Lipinski definition) is 3. The van der Waals surface area contributed by atoms with E-state index in [0.29, 0.717) is 19.7 Å². The van der Waals surface area contributed by atoms with Gasteiger partial charge in [0.05, 0.1) is 18.2 Å². The third kappa shape index (κ3) is 3.88. The van der Waals surface area contributed by atoms with E-state index < -0.39 is 11.7 Å². The molecule has 1 saturated heterocycles. The maximum Gasteiger partial charge on any atom is 0.229 e. The molecule has 1 N–H and O–H groups in total. The number of amides is 2. The summed E-state index contributed by atoms with van der Waals surface area (Å²) in [5.41, 5.74) is 0.852. The minimum atomic E-state index is -0.509. The van der Waals surface area contributed by atoms with Crippen LogP contribution in [0.2, 0.25) is 0 Å². The van der Waals surface area contributed by atoms with Gasteiger partial charge in [-0.15, -0.1) is 0 Å². The van der Waals surface area contributed by atoms with E-state index in [0.717, 1.165) is 5.69 Å². The molecule has 1 aliphatic rings. The summed E-state index contributed by atoms with van der Waals surface area (Å²) in [6, 6.07) is 8.25. The highest BCUT2D eigenvalue weighted by Crippen LogP contribution is 2.23. The summed E-state index contributed by atoms with van der Waals surface area (Å²) in [5, 5.41) is 2.61. The molecule has 0 aliphatic carbocycles. The Kier molecular flexibility index (Phi) is 5.14. The standard InChI is InChI=1S/C18H20FN3O3/c1-25-9-8-22-12-13(10-17(22)23)18(24)20-16-11-14(4-5-15(16)19)21-6-2-3-7-21/h2-7,11,13H,8-10,12H2,1H3,(H,20,24)/t13-/m0/s1. The largest absolute Gasteiger partial charge is 0.383 e. The number of carbonyl (C=O) groups is 2. The highest BCUT2D eigenvalue weighted by atomic mass is 19.1. The van der Waals surface area contributed by atoms with E-state index in [-0.39, 0.29) is 23.9 Å². The van der Waals surface area contributed by atoms with Gasteiger partial charge in [0.15, 0.2) is 0 Å². The first-order valence-electron chi connectivity index (χ1n) is 8.09. The molecule has 1 aromatic carbocycles. The highest BCUT2D eigenvalue weighted by Gasteiger charge is 2.34. The Labute approximate surface area is 145 Å². The lowest BCUT2D eigenvalue weighted by Gasteiger charge is -2.16. The summed E-state index contributed by atoms with van der Waals surface area (Å²) in [6.07, 6.45) is 3.80. The van der Waals surface area contributed by atoms with Gasteiger partial charge in [0.2, 0.25) is 11.8 Å². The number of nitrogens with one attached hydrogen (secondary N) is 1. The topological polar surface area (TPSA) is 63.6 Å². The van der Waals surface area contributed by atoms with E-state index in [4.69, 9.17) is 4.74 Å². The van der Waals surface area contributed by atoms with E-state index >= 15 is 0 Å². The van der Waals surface area contributed by atoms with Crippen LogP contribution in [0.5, 0.6) is 0 Å². The first-order chi connectivity index (χ1) is 12.1. The second-order valence-corrected chi connectivity index (χ2v) is 5.98. The van der Waals surface area contributed by atoms with Gasteiger partial charge in [-0.1, -0.05) is 0 Å². The van der Waals surface area contributed by atoms with Gasteiger partial charge in [0.25, 0.3) is 0 Å². The Bertz CT molecular complexity index is 761. The number of likely N-dealkylation sites (tertiary alicyclic amines) is 1. The number of halogens is 1. The van der Waals surface area contributed by atoms with Crippen LogP contribution in [-0.2, 0) is 14.3 Å². The molecule has 0 unspecified atom stereocenters. The van der Waals surface area contributed by atoms with Gasteiger partial charge in [-0.2, -0.15) is 0 Å². The lowest BCUT2D eigenvalue weighted by molar-refractivity contribution is -0.128. The van der Waals surface area contributed by atoms with Crippen molar-refractivity contribution in [3.05, 3.63) is 48.5 Å². The average Bonchev–Trinajstić information content (AvgIpc) is 3.25. The molecule has 1 atom stereocenters. The molecule has 2 aromatic rings. The Morgan fingerprint density at radius 1 is 1.36 bits per heavy atom. The molecular formula is C18H20FN3O3. The number of anilines is 1. The molecule has 25 heavy (non-hydrogen) atoms. The predicted octanol–water partition coefficient (Wildman–Crippen LogP) is 2.05. The molecule has 6 nitrogen and oxygen atoms in total. The Hall–Kier alpha value is -2.67. The van der Waals surface area contributed by atoms with Crippen molar-refractivity contribution < 1.29 is 18.7 Å². The molecule has 2 amide bonds. The first-order valence-corrected chi connectivity index (χ1v) is 8.09. The molecule has 2 heterocycles.